The first-order valence-electron chi connectivity index (χ1n) is 6.59. The Kier molecular flexibility index (Phi) is 7.10. The van der Waals surface area contributed by atoms with Gasteiger partial charge in [0.1, 0.15) is 0 Å². The van der Waals surface area contributed by atoms with E-state index in [1.807, 2.05) is 6.07 Å². The molecule has 2 rings (SSSR count). The van der Waals surface area contributed by atoms with Crippen LogP contribution in [0.3, 0.4) is 0 Å². The first-order valence-corrected chi connectivity index (χ1v) is 6.59. The van der Waals surface area contributed by atoms with Gasteiger partial charge in [-0.3, -0.25) is 0 Å². The third-order valence-electron chi connectivity index (χ3n) is 3.15. The molecule has 0 aliphatic carbocycles. The highest BCUT2D eigenvalue weighted by molar-refractivity contribution is 14.0. The molecule has 0 fully saturated rings. The lowest BCUT2D eigenvalue weighted by Gasteiger charge is -2.08. The highest BCUT2D eigenvalue weighted by Crippen LogP contribution is 2.14. The van der Waals surface area contributed by atoms with Crippen LogP contribution in [0.2, 0.25) is 0 Å². The van der Waals surface area contributed by atoms with Gasteiger partial charge < -0.3 is 5.32 Å². The minimum Gasteiger partial charge on any atom is -0.309 e. The minimum atomic E-state index is 0. The molecule has 2 aromatic carbocycles. The molecule has 102 valence electrons. The van der Waals surface area contributed by atoms with E-state index in [4.69, 9.17) is 0 Å². The van der Waals surface area contributed by atoms with Crippen molar-refractivity contribution in [3.8, 4) is 0 Å². The van der Waals surface area contributed by atoms with Gasteiger partial charge in [0.25, 0.3) is 0 Å². The Morgan fingerprint density at radius 1 is 0.789 bits per heavy atom. The molecule has 1 nitrogen and oxygen atoms in total. The molecule has 0 heterocycles. The molecule has 0 unspecified atom stereocenters. The van der Waals surface area contributed by atoms with Crippen LogP contribution in [0.5, 0.6) is 0 Å². The second-order valence-electron chi connectivity index (χ2n) is 4.99. The molecule has 0 aliphatic rings. The van der Waals surface area contributed by atoms with Crippen LogP contribution in [0, 0.1) is 0 Å². The number of nitrogens with one attached hydrogen (secondary N) is 1. The van der Waals surface area contributed by atoms with Crippen LogP contribution in [0.4, 0.5) is 0 Å². The van der Waals surface area contributed by atoms with Crippen molar-refractivity contribution in [2.45, 2.75) is 32.9 Å². The van der Waals surface area contributed by atoms with Gasteiger partial charge in [0, 0.05) is 13.1 Å². The molecule has 1 N–H and O–H groups in total. The lowest BCUT2D eigenvalue weighted by atomic mass is 10.0. The quantitative estimate of drug-likeness (QED) is 0.755. The summed E-state index contributed by atoms with van der Waals surface area (Å²) < 4.78 is 0. The number of hydrogen-bond donors (Lipinski definition) is 1. The van der Waals surface area contributed by atoms with Gasteiger partial charge in [0.05, 0.1) is 0 Å². The predicted molar refractivity (Wildman–Crippen MR) is 92.9 cm³/mol. The van der Waals surface area contributed by atoms with E-state index in [0.717, 1.165) is 13.1 Å². The highest BCUT2D eigenvalue weighted by atomic mass is 127. The first kappa shape index (κ1) is 16.2. The monoisotopic (exact) mass is 367 g/mol. The SMILES string of the molecule is CC(C)c1ccc(CNCc2ccccc2)cc1.I. The fourth-order valence-corrected chi connectivity index (χ4v) is 1.97. The van der Waals surface area contributed by atoms with Crippen molar-refractivity contribution < 1.29 is 0 Å². The maximum Gasteiger partial charge on any atom is 0.0208 e. The molecular formula is C17H22IN. The van der Waals surface area contributed by atoms with Crippen LogP contribution in [0.15, 0.2) is 54.6 Å². The summed E-state index contributed by atoms with van der Waals surface area (Å²) in [7, 11) is 0. The van der Waals surface area contributed by atoms with Gasteiger partial charge in [0.2, 0.25) is 0 Å². The lowest BCUT2D eigenvalue weighted by Crippen LogP contribution is -2.12. The summed E-state index contributed by atoms with van der Waals surface area (Å²) in [5.41, 5.74) is 4.08. The largest absolute Gasteiger partial charge is 0.309 e. The van der Waals surface area contributed by atoms with Gasteiger partial charge in [-0.1, -0.05) is 68.4 Å². The Balaban J connectivity index is 0.00000180. The Morgan fingerprint density at radius 3 is 1.84 bits per heavy atom. The Labute approximate surface area is 133 Å². The molecule has 0 atom stereocenters. The van der Waals surface area contributed by atoms with Crippen LogP contribution in [0.1, 0.15) is 36.5 Å². The smallest absolute Gasteiger partial charge is 0.0208 e. The molecule has 0 radical (unpaired) electrons. The van der Waals surface area contributed by atoms with E-state index in [1.165, 1.54) is 16.7 Å². The molecule has 0 aliphatic heterocycles. The van der Waals surface area contributed by atoms with E-state index >= 15 is 0 Å². The molecule has 2 heteroatoms. The number of benzene rings is 2. The number of hydrogen-bond acceptors (Lipinski definition) is 1. The zero-order valence-electron chi connectivity index (χ0n) is 11.6. The third kappa shape index (κ3) is 5.33. The van der Waals surface area contributed by atoms with Gasteiger partial charge in [0.15, 0.2) is 0 Å². The molecule has 0 amide bonds. The summed E-state index contributed by atoms with van der Waals surface area (Å²) in [6.45, 7) is 6.30. The lowest BCUT2D eigenvalue weighted by molar-refractivity contribution is 0.693. The van der Waals surface area contributed by atoms with Gasteiger partial charge in [-0.05, 0) is 22.6 Å². The molecular weight excluding hydrogens is 345 g/mol. The Hall–Kier alpha value is -0.870. The van der Waals surface area contributed by atoms with Crippen molar-refractivity contribution in [3.63, 3.8) is 0 Å². The average molecular weight is 367 g/mol. The molecule has 19 heavy (non-hydrogen) atoms. The van der Waals surface area contributed by atoms with E-state index in [1.54, 1.807) is 0 Å². The normalized spacial score (nSPS) is 10.3. The van der Waals surface area contributed by atoms with Gasteiger partial charge in [-0.25, -0.2) is 0 Å². The van der Waals surface area contributed by atoms with E-state index in [2.05, 4.69) is 67.7 Å². The third-order valence-corrected chi connectivity index (χ3v) is 3.15. The second kappa shape index (κ2) is 8.33. The summed E-state index contributed by atoms with van der Waals surface area (Å²) in [4.78, 5) is 0. The van der Waals surface area contributed by atoms with E-state index in [-0.39, 0.29) is 24.0 Å². The van der Waals surface area contributed by atoms with Crippen molar-refractivity contribution in [1.82, 2.24) is 5.32 Å². The van der Waals surface area contributed by atoms with Crippen LogP contribution in [-0.4, -0.2) is 0 Å². The minimum absolute atomic E-state index is 0. The Bertz CT molecular complexity index is 462. The molecule has 2 aromatic rings. The van der Waals surface area contributed by atoms with Crippen LogP contribution < -0.4 is 5.32 Å². The summed E-state index contributed by atoms with van der Waals surface area (Å²) >= 11 is 0. The topological polar surface area (TPSA) is 12.0 Å². The summed E-state index contributed by atoms with van der Waals surface area (Å²) in [6.07, 6.45) is 0. The van der Waals surface area contributed by atoms with Crippen molar-refractivity contribution in [2.75, 3.05) is 0 Å². The maximum atomic E-state index is 3.47. The van der Waals surface area contributed by atoms with E-state index in [0.29, 0.717) is 5.92 Å². The van der Waals surface area contributed by atoms with Gasteiger partial charge in [-0.15, -0.1) is 24.0 Å². The standard InChI is InChI=1S/C17H21N.HI/c1-14(2)17-10-8-16(9-11-17)13-18-12-15-6-4-3-5-7-15;/h3-11,14,18H,12-13H2,1-2H3;1H. The summed E-state index contributed by atoms with van der Waals surface area (Å²) in [5.74, 6) is 0.608. The maximum absolute atomic E-state index is 3.47. The fraction of sp³-hybridized carbons (Fsp3) is 0.294. The summed E-state index contributed by atoms with van der Waals surface area (Å²) in [5, 5.41) is 3.47. The van der Waals surface area contributed by atoms with Crippen LogP contribution in [-0.2, 0) is 13.1 Å². The number of halogens is 1. The molecule has 0 spiro atoms. The van der Waals surface area contributed by atoms with E-state index in [9.17, 15) is 0 Å². The number of rotatable bonds is 5. The molecule has 0 aromatic heterocycles. The highest BCUT2D eigenvalue weighted by Gasteiger charge is 1.98. The van der Waals surface area contributed by atoms with Crippen molar-refractivity contribution >= 4 is 24.0 Å². The first-order chi connectivity index (χ1) is 8.75. The molecule has 0 saturated heterocycles. The zero-order valence-corrected chi connectivity index (χ0v) is 13.9. The van der Waals surface area contributed by atoms with Crippen molar-refractivity contribution in [1.29, 1.82) is 0 Å². The zero-order chi connectivity index (χ0) is 12.8. The van der Waals surface area contributed by atoms with Crippen LogP contribution >= 0.6 is 24.0 Å². The van der Waals surface area contributed by atoms with Crippen molar-refractivity contribution in [3.05, 3.63) is 71.3 Å². The average Bonchev–Trinajstić information content (AvgIpc) is 2.40. The molecule has 0 saturated carbocycles. The van der Waals surface area contributed by atoms with Gasteiger partial charge in [-0.2, -0.15) is 0 Å². The predicted octanol–water partition coefficient (Wildman–Crippen LogP) is 4.72. The van der Waals surface area contributed by atoms with Gasteiger partial charge >= 0.3 is 0 Å². The molecule has 0 bridgehead atoms. The fourth-order valence-electron chi connectivity index (χ4n) is 1.97. The summed E-state index contributed by atoms with van der Waals surface area (Å²) in [6, 6.07) is 19.4. The van der Waals surface area contributed by atoms with Crippen molar-refractivity contribution in [2.24, 2.45) is 0 Å². The Morgan fingerprint density at radius 2 is 1.32 bits per heavy atom. The van der Waals surface area contributed by atoms with Crippen LogP contribution in [0.25, 0.3) is 0 Å². The second-order valence-corrected chi connectivity index (χ2v) is 4.99. The van der Waals surface area contributed by atoms with E-state index < -0.39 is 0 Å².